The highest BCUT2D eigenvalue weighted by Gasteiger charge is 2.25. The van der Waals surface area contributed by atoms with Crippen molar-refractivity contribution in [3.63, 3.8) is 0 Å². The molecule has 0 aromatic carbocycles. The average Bonchev–Trinajstić information content (AvgIpc) is 2.71. The summed E-state index contributed by atoms with van der Waals surface area (Å²) in [5.41, 5.74) is 5.41. The first-order chi connectivity index (χ1) is 7.69. The summed E-state index contributed by atoms with van der Waals surface area (Å²) in [5.74, 6) is 2.06. The molecule has 1 fully saturated rings. The van der Waals surface area contributed by atoms with Crippen LogP contribution in [0.5, 0.6) is 0 Å². The quantitative estimate of drug-likeness (QED) is 0.818. The van der Waals surface area contributed by atoms with Gasteiger partial charge < -0.3 is 15.5 Å². The van der Waals surface area contributed by atoms with E-state index < -0.39 is 0 Å². The van der Waals surface area contributed by atoms with Gasteiger partial charge in [0, 0.05) is 6.04 Å². The van der Waals surface area contributed by atoms with Crippen LogP contribution in [0.25, 0.3) is 0 Å². The molecule has 5 nitrogen and oxygen atoms in total. The first kappa shape index (κ1) is 11.4. The van der Waals surface area contributed by atoms with Crippen molar-refractivity contribution in [2.45, 2.75) is 45.7 Å². The zero-order chi connectivity index (χ0) is 11.5. The molecule has 0 spiro atoms. The maximum atomic E-state index is 5.41. The van der Waals surface area contributed by atoms with Crippen molar-refractivity contribution in [1.82, 2.24) is 10.2 Å². The predicted octanol–water partition coefficient (Wildman–Crippen LogP) is 1.76. The molecule has 16 heavy (non-hydrogen) atoms. The van der Waals surface area contributed by atoms with Crippen LogP contribution in [-0.2, 0) is 6.54 Å². The molecule has 3 atom stereocenters. The molecule has 1 aromatic rings. The van der Waals surface area contributed by atoms with Gasteiger partial charge >= 0.3 is 6.01 Å². The summed E-state index contributed by atoms with van der Waals surface area (Å²) < 4.78 is 5.34. The van der Waals surface area contributed by atoms with E-state index in [4.69, 9.17) is 10.2 Å². The summed E-state index contributed by atoms with van der Waals surface area (Å²) >= 11 is 0. The van der Waals surface area contributed by atoms with Gasteiger partial charge in [0.25, 0.3) is 0 Å². The highest BCUT2D eigenvalue weighted by molar-refractivity contribution is 5.19. The van der Waals surface area contributed by atoms with Crippen molar-refractivity contribution >= 4 is 6.01 Å². The molecule has 3 N–H and O–H groups in total. The number of rotatable bonds is 3. The maximum absolute atomic E-state index is 5.41. The summed E-state index contributed by atoms with van der Waals surface area (Å²) in [4.78, 5) is 0. The average molecular weight is 224 g/mol. The lowest BCUT2D eigenvalue weighted by molar-refractivity contribution is 0.258. The van der Waals surface area contributed by atoms with Gasteiger partial charge in [-0.15, -0.1) is 5.10 Å². The Hall–Kier alpha value is -1.10. The Labute approximate surface area is 95.8 Å². The molecule has 0 bridgehead atoms. The Bertz CT molecular complexity index is 338. The highest BCUT2D eigenvalue weighted by atomic mass is 16.4. The molecule has 5 heteroatoms. The molecule has 1 saturated carbocycles. The van der Waals surface area contributed by atoms with E-state index in [0.29, 0.717) is 24.5 Å². The predicted molar refractivity (Wildman–Crippen MR) is 61.8 cm³/mol. The largest absolute Gasteiger partial charge is 0.407 e. The van der Waals surface area contributed by atoms with Gasteiger partial charge in [-0.05, 0) is 31.1 Å². The van der Waals surface area contributed by atoms with Crippen molar-refractivity contribution in [3.8, 4) is 0 Å². The van der Waals surface area contributed by atoms with Crippen LogP contribution in [-0.4, -0.2) is 16.2 Å². The van der Waals surface area contributed by atoms with Gasteiger partial charge in [0.2, 0.25) is 5.89 Å². The zero-order valence-corrected chi connectivity index (χ0v) is 9.94. The van der Waals surface area contributed by atoms with Crippen LogP contribution in [0.1, 0.15) is 39.0 Å². The van der Waals surface area contributed by atoms with Crippen LogP contribution < -0.4 is 11.1 Å². The molecule has 0 saturated heterocycles. The summed E-state index contributed by atoms with van der Waals surface area (Å²) in [5, 5.41) is 11.0. The van der Waals surface area contributed by atoms with Gasteiger partial charge in [-0.2, -0.15) is 0 Å². The topological polar surface area (TPSA) is 77.0 Å². The Kier molecular flexibility index (Phi) is 3.43. The Morgan fingerprint density at radius 3 is 2.75 bits per heavy atom. The molecule has 0 amide bonds. The number of aromatic nitrogens is 2. The van der Waals surface area contributed by atoms with E-state index in [9.17, 15) is 0 Å². The number of nitrogens with one attached hydrogen (secondary N) is 1. The number of hydrogen-bond acceptors (Lipinski definition) is 5. The van der Waals surface area contributed by atoms with Crippen LogP contribution in [0.4, 0.5) is 6.01 Å². The SMILES string of the molecule is CC1CCC(Nc2nnc(CN)o2)CC1C. The van der Waals surface area contributed by atoms with Crippen LogP contribution in [0.15, 0.2) is 4.42 Å². The zero-order valence-electron chi connectivity index (χ0n) is 9.94. The van der Waals surface area contributed by atoms with E-state index in [0.717, 1.165) is 11.8 Å². The summed E-state index contributed by atoms with van der Waals surface area (Å²) in [6.45, 7) is 4.92. The molecule has 1 heterocycles. The first-order valence-electron chi connectivity index (χ1n) is 5.98. The fourth-order valence-corrected chi connectivity index (χ4v) is 2.25. The second-order valence-electron chi connectivity index (χ2n) is 4.81. The highest BCUT2D eigenvalue weighted by Crippen LogP contribution is 2.30. The Balaban J connectivity index is 1.90. The lowest BCUT2D eigenvalue weighted by atomic mass is 9.79. The molecule has 90 valence electrons. The van der Waals surface area contributed by atoms with Gasteiger partial charge in [0.15, 0.2) is 0 Å². The van der Waals surface area contributed by atoms with Crippen molar-refractivity contribution in [3.05, 3.63) is 5.89 Å². The first-order valence-corrected chi connectivity index (χ1v) is 5.98. The van der Waals surface area contributed by atoms with Crippen LogP contribution in [0.3, 0.4) is 0 Å². The lowest BCUT2D eigenvalue weighted by Gasteiger charge is -2.31. The minimum absolute atomic E-state index is 0.298. The van der Waals surface area contributed by atoms with E-state index >= 15 is 0 Å². The van der Waals surface area contributed by atoms with Crippen molar-refractivity contribution in [2.24, 2.45) is 17.6 Å². The van der Waals surface area contributed by atoms with E-state index in [1.807, 2.05) is 0 Å². The number of nitrogens with two attached hydrogens (primary N) is 1. The Morgan fingerprint density at radius 1 is 1.31 bits per heavy atom. The van der Waals surface area contributed by atoms with Gasteiger partial charge in [-0.3, -0.25) is 0 Å². The molecule has 2 rings (SSSR count). The molecular formula is C11H20N4O. The van der Waals surface area contributed by atoms with E-state index in [2.05, 4.69) is 29.4 Å². The molecule has 3 unspecified atom stereocenters. The summed E-state index contributed by atoms with van der Waals surface area (Å²) in [6.07, 6.45) is 3.60. The van der Waals surface area contributed by atoms with Crippen molar-refractivity contribution < 1.29 is 4.42 Å². The summed E-state index contributed by atoms with van der Waals surface area (Å²) in [6, 6.07) is 0.962. The Morgan fingerprint density at radius 2 is 2.12 bits per heavy atom. The third-order valence-corrected chi connectivity index (χ3v) is 3.57. The third-order valence-electron chi connectivity index (χ3n) is 3.57. The number of hydrogen-bond donors (Lipinski definition) is 2. The monoisotopic (exact) mass is 224 g/mol. The van der Waals surface area contributed by atoms with Gasteiger partial charge in [-0.25, -0.2) is 0 Å². The standard InChI is InChI=1S/C11H20N4O/c1-7-3-4-9(5-8(7)2)13-11-15-14-10(6-12)16-11/h7-9H,3-6,12H2,1-2H3,(H,13,15). The molecule has 1 aromatic heterocycles. The van der Waals surface area contributed by atoms with E-state index in [1.165, 1.54) is 19.3 Å². The minimum atomic E-state index is 0.298. The third kappa shape index (κ3) is 2.52. The maximum Gasteiger partial charge on any atom is 0.315 e. The van der Waals surface area contributed by atoms with Gasteiger partial charge in [0.05, 0.1) is 6.54 Å². The molecule has 0 aliphatic heterocycles. The molecular weight excluding hydrogens is 204 g/mol. The van der Waals surface area contributed by atoms with Gasteiger partial charge in [0.1, 0.15) is 0 Å². The van der Waals surface area contributed by atoms with Gasteiger partial charge in [-0.1, -0.05) is 18.9 Å². The smallest absolute Gasteiger partial charge is 0.315 e. The minimum Gasteiger partial charge on any atom is -0.407 e. The van der Waals surface area contributed by atoms with Crippen molar-refractivity contribution in [1.29, 1.82) is 0 Å². The fourth-order valence-electron chi connectivity index (χ4n) is 2.25. The second kappa shape index (κ2) is 4.82. The summed E-state index contributed by atoms with van der Waals surface area (Å²) in [7, 11) is 0. The van der Waals surface area contributed by atoms with Crippen molar-refractivity contribution in [2.75, 3.05) is 5.32 Å². The van der Waals surface area contributed by atoms with Crippen LogP contribution >= 0.6 is 0 Å². The second-order valence-corrected chi connectivity index (χ2v) is 4.81. The normalized spacial score (nSPS) is 30.3. The van der Waals surface area contributed by atoms with E-state index in [-0.39, 0.29) is 0 Å². The molecule has 1 aliphatic carbocycles. The van der Waals surface area contributed by atoms with Crippen LogP contribution in [0.2, 0.25) is 0 Å². The number of anilines is 1. The molecule has 1 aliphatic rings. The fraction of sp³-hybridized carbons (Fsp3) is 0.818. The van der Waals surface area contributed by atoms with E-state index in [1.54, 1.807) is 0 Å². The van der Waals surface area contributed by atoms with Crippen LogP contribution in [0, 0.1) is 11.8 Å². The molecule has 0 radical (unpaired) electrons. The lowest BCUT2D eigenvalue weighted by Crippen LogP contribution is -2.30. The number of nitrogens with zero attached hydrogens (tertiary/aromatic N) is 2.